The highest BCUT2D eigenvalue weighted by Crippen LogP contribution is 2.37. The monoisotopic (exact) mass is 307 g/mol. The number of nitrogens with one attached hydrogen (secondary N) is 1. The van der Waals surface area contributed by atoms with Gasteiger partial charge in [0.15, 0.2) is 0 Å². The number of hydrogen-bond donors (Lipinski definition) is 4. The van der Waals surface area contributed by atoms with Crippen LogP contribution in [-0.2, 0) is 19.2 Å². The van der Waals surface area contributed by atoms with E-state index < -0.39 is 38.3 Å². The van der Waals surface area contributed by atoms with Crippen molar-refractivity contribution in [1.29, 1.82) is 0 Å². The summed E-state index contributed by atoms with van der Waals surface area (Å²) in [5.41, 5.74) is 0. The molecular formula is C11H18NO7P. The standard InChI is InChI=1S/C11H18NO7P/c13-8(12-7-11(18)19)1-4-20(5-2-9(14)15)6-3-10(16)17/h1-7H2,(H,12,13)(H,14,15)(H,16,17)(H,18,19). The maximum Gasteiger partial charge on any atom is 0.322 e. The van der Waals surface area contributed by atoms with Gasteiger partial charge in [-0.1, -0.05) is 0 Å². The zero-order valence-corrected chi connectivity index (χ0v) is 11.8. The number of carbonyl (C=O) groups is 4. The summed E-state index contributed by atoms with van der Waals surface area (Å²) in [4.78, 5) is 42.6. The van der Waals surface area contributed by atoms with Crippen molar-refractivity contribution in [2.24, 2.45) is 0 Å². The number of aliphatic carboxylic acids is 3. The van der Waals surface area contributed by atoms with E-state index in [4.69, 9.17) is 15.3 Å². The smallest absolute Gasteiger partial charge is 0.322 e. The van der Waals surface area contributed by atoms with Crippen molar-refractivity contribution in [3.63, 3.8) is 0 Å². The van der Waals surface area contributed by atoms with Crippen LogP contribution in [0.4, 0.5) is 0 Å². The van der Waals surface area contributed by atoms with Crippen molar-refractivity contribution in [2.75, 3.05) is 25.0 Å². The zero-order chi connectivity index (χ0) is 15.5. The fourth-order valence-electron chi connectivity index (χ4n) is 1.37. The van der Waals surface area contributed by atoms with E-state index in [0.717, 1.165) is 0 Å². The maximum atomic E-state index is 11.3. The second kappa shape index (κ2) is 10.1. The molecule has 0 aromatic carbocycles. The summed E-state index contributed by atoms with van der Waals surface area (Å²) < 4.78 is 0. The Labute approximate surface area is 116 Å². The average Bonchev–Trinajstić information content (AvgIpc) is 2.34. The van der Waals surface area contributed by atoms with Gasteiger partial charge in [0.1, 0.15) is 6.54 Å². The molecule has 0 aliphatic rings. The maximum absolute atomic E-state index is 11.3. The zero-order valence-electron chi connectivity index (χ0n) is 10.9. The van der Waals surface area contributed by atoms with Gasteiger partial charge < -0.3 is 20.6 Å². The van der Waals surface area contributed by atoms with Crippen molar-refractivity contribution >= 4 is 31.7 Å². The van der Waals surface area contributed by atoms with Crippen LogP contribution in [0.3, 0.4) is 0 Å². The van der Waals surface area contributed by atoms with Crippen molar-refractivity contribution < 1.29 is 34.5 Å². The van der Waals surface area contributed by atoms with Crippen LogP contribution in [0.5, 0.6) is 0 Å². The summed E-state index contributed by atoms with van der Waals surface area (Å²) in [7, 11) is -0.854. The third-order valence-electron chi connectivity index (χ3n) is 2.38. The molecule has 1 amide bonds. The van der Waals surface area contributed by atoms with Gasteiger partial charge in [0.25, 0.3) is 0 Å². The first-order valence-electron chi connectivity index (χ1n) is 5.95. The third-order valence-corrected chi connectivity index (χ3v) is 4.94. The molecule has 0 aromatic heterocycles. The SMILES string of the molecule is O=C(O)CCP(CCC(=O)O)CCC(=O)NCC(=O)O. The molecule has 0 spiro atoms. The number of carbonyl (C=O) groups excluding carboxylic acids is 1. The van der Waals surface area contributed by atoms with Gasteiger partial charge in [-0.25, -0.2) is 0 Å². The first-order valence-corrected chi connectivity index (χ1v) is 7.85. The van der Waals surface area contributed by atoms with Crippen LogP contribution in [0.2, 0.25) is 0 Å². The Morgan fingerprint density at radius 2 is 1.20 bits per heavy atom. The minimum Gasteiger partial charge on any atom is -0.481 e. The van der Waals surface area contributed by atoms with Crippen molar-refractivity contribution in [2.45, 2.75) is 19.3 Å². The highest BCUT2D eigenvalue weighted by molar-refractivity contribution is 7.57. The Morgan fingerprint density at radius 1 is 0.750 bits per heavy atom. The van der Waals surface area contributed by atoms with E-state index in [1.807, 2.05) is 0 Å². The molecule has 9 heteroatoms. The molecule has 0 aromatic rings. The van der Waals surface area contributed by atoms with Gasteiger partial charge in [0, 0.05) is 19.3 Å². The van der Waals surface area contributed by atoms with E-state index >= 15 is 0 Å². The summed E-state index contributed by atoms with van der Waals surface area (Å²) in [6.45, 7) is -0.457. The minimum absolute atomic E-state index is 0.0535. The average molecular weight is 307 g/mol. The number of carboxylic acid groups (broad SMARTS) is 3. The lowest BCUT2D eigenvalue weighted by Crippen LogP contribution is -2.29. The Morgan fingerprint density at radius 3 is 1.60 bits per heavy atom. The molecule has 0 rings (SSSR count). The summed E-state index contributed by atoms with van der Waals surface area (Å²) in [5.74, 6) is -3.48. The van der Waals surface area contributed by atoms with Crippen molar-refractivity contribution in [1.82, 2.24) is 5.32 Å². The molecule has 0 saturated heterocycles. The van der Waals surface area contributed by atoms with Crippen LogP contribution >= 0.6 is 7.92 Å². The Kier molecular flexibility index (Phi) is 9.28. The van der Waals surface area contributed by atoms with Crippen LogP contribution in [0.25, 0.3) is 0 Å². The second-order valence-corrected chi connectivity index (χ2v) is 6.73. The van der Waals surface area contributed by atoms with Crippen LogP contribution < -0.4 is 5.32 Å². The fourth-order valence-corrected chi connectivity index (χ4v) is 3.57. The lowest BCUT2D eigenvalue weighted by atomic mass is 10.4. The van der Waals surface area contributed by atoms with Gasteiger partial charge in [-0.15, -0.1) is 7.92 Å². The molecule has 0 aliphatic carbocycles. The number of carboxylic acids is 3. The summed E-state index contributed by atoms with van der Waals surface area (Å²) in [6, 6.07) is 0. The lowest BCUT2D eigenvalue weighted by Gasteiger charge is -2.15. The fraction of sp³-hybridized carbons (Fsp3) is 0.636. The van der Waals surface area contributed by atoms with E-state index in [2.05, 4.69) is 5.32 Å². The predicted octanol–water partition coefficient (Wildman–Crippen LogP) is 0.00860. The van der Waals surface area contributed by atoms with E-state index in [-0.39, 0.29) is 19.3 Å². The molecule has 0 saturated carbocycles. The van der Waals surface area contributed by atoms with Gasteiger partial charge >= 0.3 is 17.9 Å². The highest BCUT2D eigenvalue weighted by atomic mass is 31.1. The number of hydrogen-bond acceptors (Lipinski definition) is 4. The summed E-state index contributed by atoms with van der Waals surface area (Å²) in [6.07, 6.45) is 1.11. The normalized spacial score (nSPS) is 10.2. The van der Waals surface area contributed by atoms with Crippen LogP contribution in [0.15, 0.2) is 0 Å². The molecule has 0 unspecified atom stereocenters. The molecule has 114 valence electrons. The molecular weight excluding hydrogens is 289 g/mol. The molecule has 0 aliphatic heterocycles. The topological polar surface area (TPSA) is 141 Å². The number of amides is 1. The first-order chi connectivity index (χ1) is 9.31. The summed E-state index contributed by atoms with van der Waals surface area (Å²) in [5, 5.41) is 27.8. The van der Waals surface area contributed by atoms with Gasteiger partial charge in [0.2, 0.25) is 5.91 Å². The van der Waals surface area contributed by atoms with Gasteiger partial charge in [-0.2, -0.15) is 0 Å². The van der Waals surface area contributed by atoms with Crippen LogP contribution in [-0.4, -0.2) is 64.2 Å². The Bertz CT molecular complexity index is 354. The third kappa shape index (κ3) is 11.4. The predicted molar refractivity (Wildman–Crippen MR) is 71.3 cm³/mol. The molecule has 0 heterocycles. The van der Waals surface area contributed by atoms with Gasteiger partial charge in [0.05, 0.1) is 0 Å². The van der Waals surface area contributed by atoms with E-state index in [1.165, 1.54) is 0 Å². The van der Waals surface area contributed by atoms with Gasteiger partial charge in [-0.05, 0) is 18.5 Å². The molecule has 0 radical (unpaired) electrons. The summed E-state index contributed by atoms with van der Waals surface area (Å²) >= 11 is 0. The molecule has 8 nitrogen and oxygen atoms in total. The Balaban J connectivity index is 4.12. The Hall–Kier alpha value is -1.69. The largest absolute Gasteiger partial charge is 0.481 e. The molecule has 0 fully saturated rings. The van der Waals surface area contributed by atoms with Crippen molar-refractivity contribution in [3.05, 3.63) is 0 Å². The van der Waals surface area contributed by atoms with E-state index in [0.29, 0.717) is 18.5 Å². The molecule has 0 bridgehead atoms. The highest BCUT2D eigenvalue weighted by Gasteiger charge is 2.14. The van der Waals surface area contributed by atoms with E-state index in [9.17, 15) is 19.2 Å². The molecule has 4 N–H and O–H groups in total. The van der Waals surface area contributed by atoms with Crippen molar-refractivity contribution in [3.8, 4) is 0 Å². The lowest BCUT2D eigenvalue weighted by molar-refractivity contribution is -0.138. The van der Waals surface area contributed by atoms with Crippen LogP contribution in [0, 0.1) is 0 Å². The molecule has 0 atom stereocenters. The van der Waals surface area contributed by atoms with Gasteiger partial charge in [-0.3, -0.25) is 19.2 Å². The second-order valence-electron chi connectivity index (χ2n) is 4.05. The minimum atomic E-state index is -1.14. The quantitative estimate of drug-likeness (QED) is 0.394. The number of rotatable bonds is 11. The molecule has 20 heavy (non-hydrogen) atoms. The van der Waals surface area contributed by atoms with Crippen LogP contribution in [0.1, 0.15) is 19.3 Å². The first kappa shape index (κ1) is 18.3. The van der Waals surface area contributed by atoms with E-state index in [1.54, 1.807) is 0 Å².